The molecule has 0 aromatic heterocycles. The summed E-state index contributed by atoms with van der Waals surface area (Å²) < 4.78 is 58.1. The van der Waals surface area contributed by atoms with E-state index in [0.29, 0.717) is 120 Å². The Morgan fingerprint density at radius 3 is 0.716 bits per heavy atom. The van der Waals surface area contributed by atoms with Crippen LogP contribution in [0, 0.1) is 16.7 Å². The lowest BCUT2D eigenvalue weighted by Gasteiger charge is -2.44. The third-order valence-electron chi connectivity index (χ3n) is 24.9. The molecule has 20 nitrogen and oxygen atoms in total. The molecule has 10 atom stereocenters. The lowest BCUT2D eigenvalue weighted by molar-refractivity contribution is -0.0921. The second kappa shape index (κ2) is 63.9. The molecular weight excluding hydrogens is 1770 g/mol. The van der Waals surface area contributed by atoms with E-state index in [2.05, 4.69) is 40.9 Å². The Kier molecular flexibility index (Phi) is 52.6. The van der Waals surface area contributed by atoms with E-state index in [-0.39, 0.29) is 96.1 Å². The molecule has 0 aliphatic carbocycles. The number of hydrogen-bond donors (Lipinski definition) is 0. The van der Waals surface area contributed by atoms with E-state index in [0.717, 1.165) is 64.2 Å². The molecule has 0 amide bonds. The highest BCUT2D eigenvalue weighted by Crippen LogP contribution is 2.45. The molecule has 0 saturated carbocycles. The SMILES string of the molecule is C=CCC(OC(=O)c1ccccc1)C(CCC)(CCC)C(C)OC(=O)c1ccccc1.C=CCC(OC(=O)c1ccccc1)C(CCCC)(CCCC)C(C)OC(=O)c1ccccc1.CCC(CC(C)(CC)OC(=O)c1ccccc1)OC(=O)c1ccccc1.CCC(CC(CC)OC(=O)c1ccccc1)OC(=O)c1ccccc1.CCC(CC(OC(=O)c1ccccc1)C(C)C)OC(=O)c1ccccc1. The zero-order valence-corrected chi connectivity index (χ0v) is 85.0. The lowest BCUT2D eigenvalue weighted by atomic mass is 9.68. The van der Waals surface area contributed by atoms with Crippen molar-refractivity contribution in [2.75, 3.05) is 0 Å². The molecule has 0 spiro atoms. The summed E-state index contributed by atoms with van der Waals surface area (Å²) in [7, 11) is 0. The fourth-order valence-corrected chi connectivity index (χ4v) is 16.4. The van der Waals surface area contributed by atoms with Gasteiger partial charge in [0.05, 0.1) is 55.6 Å². The zero-order chi connectivity index (χ0) is 103. The van der Waals surface area contributed by atoms with Crippen molar-refractivity contribution >= 4 is 59.7 Å². The first kappa shape index (κ1) is 116. The van der Waals surface area contributed by atoms with Gasteiger partial charge in [-0.25, -0.2) is 47.9 Å². The Labute approximate surface area is 837 Å². The van der Waals surface area contributed by atoms with Gasteiger partial charge in [-0.3, -0.25) is 0 Å². The molecule has 0 aliphatic rings. The Bertz CT molecular complexity index is 5220. The minimum absolute atomic E-state index is 0.118. The molecule has 752 valence electrons. The number of hydrogen-bond acceptors (Lipinski definition) is 20. The third kappa shape index (κ3) is 39.2. The second-order valence-corrected chi connectivity index (χ2v) is 35.6. The molecule has 0 heterocycles. The molecular formula is C121H148O20. The molecule has 0 radical (unpaired) electrons. The molecule has 0 fully saturated rings. The maximum atomic E-state index is 13.0. The van der Waals surface area contributed by atoms with Crippen LogP contribution in [0.15, 0.2) is 329 Å². The number of ether oxygens (including phenoxy) is 10. The first-order valence-corrected chi connectivity index (χ1v) is 49.9. The van der Waals surface area contributed by atoms with Crippen LogP contribution in [0.2, 0.25) is 0 Å². The van der Waals surface area contributed by atoms with Gasteiger partial charge < -0.3 is 47.4 Å². The average Bonchev–Trinajstić information content (AvgIpc) is 0.785. The quantitative estimate of drug-likeness (QED) is 0.0195. The topological polar surface area (TPSA) is 263 Å². The smallest absolute Gasteiger partial charge is 0.338 e. The van der Waals surface area contributed by atoms with E-state index in [4.69, 9.17) is 47.4 Å². The summed E-state index contributed by atoms with van der Waals surface area (Å²) in [4.78, 5) is 125. The summed E-state index contributed by atoms with van der Waals surface area (Å²) >= 11 is 0. The summed E-state index contributed by atoms with van der Waals surface area (Å²) in [5.74, 6) is -3.46. The van der Waals surface area contributed by atoms with Gasteiger partial charge in [0.2, 0.25) is 0 Å². The van der Waals surface area contributed by atoms with Crippen LogP contribution >= 0.6 is 0 Å². The first-order chi connectivity index (χ1) is 68.1. The van der Waals surface area contributed by atoms with Crippen LogP contribution in [0.5, 0.6) is 0 Å². The summed E-state index contributed by atoms with van der Waals surface area (Å²) in [6, 6.07) is 89.5. The van der Waals surface area contributed by atoms with E-state index in [9.17, 15) is 47.9 Å². The molecule has 10 aromatic carbocycles. The van der Waals surface area contributed by atoms with Crippen molar-refractivity contribution in [3.8, 4) is 0 Å². The maximum absolute atomic E-state index is 13.0. The van der Waals surface area contributed by atoms with E-state index in [1.807, 2.05) is 178 Å². The van der Waals surface area contributed by atoms with Gasteiger partial charge in [0.1, 0.15) is 60.5 Å². The van der Waals surface area contributed by atoms with Gasteiger partial charge in [-0.15, -0.1) is 13.2 Å². The van der Waals surface area contributed by atoms with Crippen molar-refractivity contribution in [2.24, 2.45) is 16.7 Å². The van der Waals surface area contributed by atoms with Crippen LogP contribution < -0.4 is 0 Å². The normalized spacial score (nSPS) is 13.2. The van der Waals surface area contributed by atoms with E-state index < -0.39 is 40.8 Å². The minimum atomic E-state index is -0.704. The predicted molar refractivity (Wildman–Crippen MR) is 556 cm³/mol. The number of rotatable bonds is 50. The van der Waals surface area contributed by atoms with Crippen LogP contribution in [-0.4, -0.2) is 120 Å². The zero-order valence-electron chi connectivity index (χ0n) is 85.0. The largest absolute Gasteiger partial charge is 0.459 e. The van der Waals surface area contributed by atoms with Crippen molar-refractivity contribution in [3.05, 3.63) is 384 Å². The number of carbonyl (C=O) groups is 10. The summed E-state index contributed by atoms with van der Waals surface area (Å²) in [5, 5.41) is 0. The standard InChI is InChI=1S/C29H38O4.C27H34O4.2C22H26O4.C21H24O4/c1-5-8-21-29(22-9-6-2,23(4)32-27(30)24-17-12-10-13-18-24)26(16-7-3)33-28(31)25-19-14-11-15-20-25;1-5-14-24(31-26(29)23-17-12-9-13-18-23)27(19-6-2,20-7-3)21(4)30-25(28)22-15-10-8-11-16-22;1-4-19(25-21(23)17-11-7-5-8-12-17)15-20(16(2)3)26-22(24)18-13-9-6-10-14-18;1-4-19(25-20(23)17-12-8-6-9-13-17)16-22(3,5-2)26-21(24)18-14-10-7-11-15-18;1-3-18(24-20(22)16-11-7-5-8-12-16)15-19(4-2)25-21(23)17-13-9-6-10-14-17/h7,10-15,17-20,23,26H,3,5-6,8-9,16,21-22H2,1-2,4H3;5,8-13,15-18,21,24H,1,6-7,14,19-20H2,2-4H3;5-14,16,19-20H,4,15H2,1-3H3;6-15,19H,4-5,16H2,1-3H3;5-14,18-19H,3-4,15H2,1-2H3. The van der Waals surface area contributed by atoms with Gasteiger partial charge in [-0.1, -0.05) is 309 Å². The highest BCUT2D eigenvalue weighted by atomic mass is 16.6. The molecule has 0 saturated heterocycles. The number of unbranched alkanes of at least 4 members (excludes halogenated alkanes) is 2. The summed E-state index contributed by atoms with van der Waals surface area (Å²) in [6.45, 7) is 35.8. The van der Waals surface area contributed by atoms with Gasteiger partial charge in [-0.05, 0) is 206 Å². The number of esters is 10. The first-order valence-electron chi connectivity index (χ1n) is 49.9. The Balaban J connectivity index is 0.000000271. The summed E-state index contributed by atoms with van der Waals surface area (Å²) in [5.41, 5.74) is 3.46. The van der Waals surface area contributed by atoms with Crippen LogP contribution in [0.3, 0.4) is 0 Å². The molecule has 10 rings (SSSR count). The highest BCUT2D eigenvalue weighted by Gasteiger charge is 2.48. The molecule has 0 N–H and O–H groups in total. The fourth-order valence-electron chi connectivity index (χ4n) is 16.4. The van der Waals surface area contributed by atoms with E-state index in [1.165, 1.54) is 0 Å². The van der Waals surface area contributed by atoms with E-state index >= 15 is 0 Å². The Morgan fingerprint density at radius 1 is 0.270 bits per heavy atom. The molecule has 20 heteroatoms. The van der Waals surface area contributed by atoms with Gasteiger partial charge in [0.15, 0.2) is 0 Å². The molecule has 10 unspecified atom stereocenters. The van der Waals surface area contributed by atoms with Crippen molar-refractivity contribution < 1.29 is 95.3 Å². The van der Waals surface area contributed by atoms with Gasteiger partial charge in [0.25, 0.3) is 0 Å². The fraction of sp³-hybridized carbons (Fsp3) is 0.388. The van der Waals surface area contributed by atoms with Crippen LogP contribution in [0.25, 0.3) is 0 Å². The monoisotopic (exact) mass is 1920 g/mol. The molecule has 10 aromatic rings. The van der Waals surface area contributed by atoms with E-state index in [1.54, 1.807) is 206 Å². The Morgan fingerprint density at radius 2 is 0.489 bits per heavy atom. The van der Waals surface area contributed by atoms with Gasteiger partial charge in [0, 0.05) is 42.9 Å². The highest BCUT2D eigenvalue weighted by molar-refractivity contribution is 5.94. The van der Waals surface area contributed by atoms with Gasteiger partial charge in [-0.2, -0.15) is 0 Å². The average molecular weight is 1920 g/mol. The van der Waals surface area contributed by atoms with Crippen molar-refractivity contribution in [1.82, 2.24) is 0 Å². The van der Waals surface area contributed by atoms with Crippen LogP contribution in [-0.2, 0) is 47.4 Å². The number of benzene rings is 10. The molecule has 0 bridgehead atoms. The molecule has 141 heavy (non-hydrogen) atoms. The maximum Gasteiger partial charge on any atom is 0.338 e. The van der Waals surface area contributed by atoms with Gasteiger partial charge >= 0.3 is 59.7 Å². The lowest BCUT2D eigenvalue weighted by Crippen LogP contribution is -2.48. The summed E-state index contributed by atoms with van der Waals surface area (Å²) in [6.07, 6.45) is 14.7. The van der Waals surface area contributed by atoms with Crippen molar-refractivity contribution in [2.45, 2.75) is 286 Å². The Hall–Kier alpha value is -13.6. The van der Waals surface area contributed by atoms with Crippen molar-refractivity contribution in [1.29, 1.82) is 0 Å². The molecule has 0 aliphatic heterocycles. The number of carbonyl (C=O) groups excluding carboxylic acids is 10. The second-order valence-electron chi connectivity index (χ2n) is 35.6. The van der Waals surface area contributed by atoms with Crippen molar-refractivity contribution in [3.63, 3.8) is 0 Å². The third-order valence-corrected chi connectivity index (χ3v) is 24.9. The predicted octanol–water partition coefficient (Wildman–Crippen LogP) is 28.6. The minimum Gasteiger partial charge on any atom is -0.459 e. The van der Waals surface area contributed by atoms with Crippen LogP contribution in [0.4, 0.5) is 0 Å². The van der Waals surface area contributed by atoms with Crippen LogP contribution in [0.1, 0.15) is 329 Å².